The summed E-state index contributed by atoms with van der Waals surface area (Å²) in [4.78, 5) is 16.1. The van der Waals surface area contributed by atoms with E-state index in [-0.39, 0.29) is 19.1 Å². The fourth-order valence-electron chi connectivity index (χ4n) is 2.18. The van der Waals surface area contributed by atoms with Gasteiger partial charge in [-0.05, 0) is 25.5 Å². The lowest BCUT2D eigenvalue weighted by Crippen LogP contribution is -2.28. The van der Waals surface area contributed by atoms with Gasteiger partial charge in [-0.15, -0.1) is 0 Å². The van der Waals surface area contributed by atoms with Crippen molar-refractivity contribution < 1.29 is 14.1 Å². The van der Waals surface area contributed by atoms with Crippen molar-refractivity contribution in [1.29, 1.82) is 0 Å². The molecule has 0 fully saturated rings. The van der Waals surface area contributed by atoms with Gasteiger partial charge in [0.05, 0.1) is 18.3 Å². The molecular formula is C17H19N5O3. The third-order valence-electron chi connectivity index (χ3n) is 3.57. The Morgan fingerprint density at radius 1 is 1.36 bits per heavy atom. The predicted molar refractivity (Wildman–Crippen MR) is 89.7 cm³/mol. The van der Waals surface area contributed by atoms with E-state index in [0.29, 0.717) is 17.5 Å². The Morgan fingerprint density at radius 2 is 2.20 bits per heavy atom. The first-order valence-corrected chi connectivity index (χ1v) is 7.96. The molecule has 0 radical (unpaired) electrons. The second-order valence-electron chi connectivity index (χ2n) is 5.43. The maximum atomic E-state index is 11.9. The van der Waals surface area contributed by atoms with Crippen LogP contribution < -0.4 is 10.1 Å². The van der Waals surface area contributed by atoms with E-state index >= 15 is 0 Å². The van der Waals surface area contributed by atoms with Crippen LogP contribution in [-0.4, -0.2) is 32.4 Å². The lowest BCUT2D eigenvalue weighted by molar-refractivity contribution is -0.123. The van der Waals surface area contributed by atoms with Crippen LogP contribution >= 0.6 is 0 Å². The molecular weight excluding hydrogens is 322 g/mol. The number of benzene rings is 1. The number of carbonyl (C=O) groups excluding carboxylic acids is 1. The van der Waals surface area contributed by atoms with Crippen LogP contribution in [0.25, 0.3) is 11.4 Å². The number of rotatable bonds is 7. The molecule has 2 aromatic heterocycles. The Hall–Kier alpha value is -3.16. The van der Waals surface area contributed by atoms with Crippen molar-refractivity contribution in [2.45, 2.75) is 26.9 Å². The Bertz CT molecular complexity index is 855. The molecule has 25 heavy (non-hydrogen) atoms. The molecule has 3 aromatic rings. The van der Waals surface area contributed by atoms with Crippen molar-refractivity contribution in [3.05, 3.63) is 48.1 Å². The highest BCUT2D eigenvalue weighted by Gasteiger charge is 2.12. The fourth-order valence-corrected chi connectivity index (χ4v) is 2.18. The van der Waals surface area contributed by atoms with Crippen molar-refractivity contribution in [3.63, 3.8) is 0 Å². The summed E-state index contributed by atoms with van der Waals surface area (Å²) in [5.41, 5.74) is 1.75. The summed E-state index contributed by atoms with van der Waals surface area (Å²) in [6.07, 6.45) is 3.51. The Balaban J connectivity index is 1.50. The molecule has 8 heteroatoms. The van der Waals surface area contributed by atoms with Gasteiger partial charge in [0.15, 0.2) is 6.61 Å². The molecule has 0 aliphatic heterocycles. The molecule has 0 atom stereocenters. The van der Waals surface area contributed by atoms with Gasteiger partial charge in [0.25, 0.3) is 5.91 Å². The van der Waals surface area contributed by atoms with Crippen molar-refractivity contribution in [3.8, 4) is 17.1 Å². The Morgan fingerprint density at radius 3 is 2.96 bits per heavy atom. The highest BCUT2D eigenvalue weighted by atomic mass is 16.5. The minimum Gasteiger partial charge on any atom is -0.484 e. The Kier molecular flexibility index (Phi) is 5.08. The van der Waals surface area contributed by atoms with E-state index in [4.69, 9.17) is 9.26 Å². The third kappa shape index (κ3) is 4.23. The Labute approximate surface area is 144 Å². The van der Waals surface area contributed by atoms with Crippen molar-refractivity contribution >= 4 is 5.91 Å². The zero-order valence-electron chi connectivity index (χ0n) is 14.1. The molecule has 0 unspecified atom stereocenters. The molecule has 0 aliphatic rings. The van der Waals surface area contributed by atoms with Crippen LogP contribution in [0.5, 0.6) is 5.75 Å². The maximum Gasteiger partial charge on any atom is 0.258 e. The van der Waals surface area contributed by atoms with E-state index in [9.17, 15) is 4.79 Å². The van der Waals surface area contributed by atoms with Crippen molar-refractivity contribution in [2.75, 3.05) is 6.61 Å². The van der Waals surface area contributed by atoms with Crippen LogP contribution in [0.1, 0.15) is 18.4 Å². The number of amides is 1. The zero-order chi connectivity index (χ0) is 17.6. The van der Waals surface area contributed by atoms with Gasteiger partial charge in [-0.3, -0.25) is 9.48 Å². The van der Waals surface area contributed by atoms with Gasteiger partial charge in [0.2, 0.25) is 11.7 Å². The van der Waals surface area contributed by atoms with Crippen LogP contribution in [0, 0.1) is 6.92 Å². The van der Waals surface area contributed by atoms with Crippen molar-refractivity contribution in [2.24, 2.45) is 0 Å². The van der Waals surface area contributed by atoms with Gasteiger partial charge in [-0.2, -0.15) is 10.1 Å². The van der Waals surface area contributed by atoms with E-state index in [2.05, 4.69) is 20.6 Å². The number of para-hydroxylation sites is 1. The zero-order valence-corrected chi connectivity index (χ0v) is 14.1. The monoisotopic (exact) mass is 341 g/mol. The van der Waals surface area contributed by atoms with Gasteiger partial charge in [-0.1, -0.05) is 23.4 Å². The molecule has 130 valence electrons. The normalized spacial score (nSPS) is 10.6. The topological polar surface area (TPSA) is 95.1 Å². The van der Waals surface area contributed by atoms with Crippen LogP contribution in [0.4, 0.5) is 0 Å². The van der Waals surface area contributed by atoms with Crippen LogP contribution in [-0.2, 0) is 17.9 Å². The first-order chi connectivity index (χ1) is 12.2. The lowest BCUT2D eigenvalue weighted by atomic mass is 10.2. The second kappa shape index (κ2) is 7.61. The molecule has 0 saturated heterocycles. The van der Waals surface area contributed by atoms with E-state index in [1.165, 1.54) is 0 Å². The van der Waals surface area contributed by atoms with Gasteiger partial charge >= 0.3 is 0 Å². The van der Waals surface area contributed by atoms with Gasteiger partial charge in [0.1, 0.15) is 5.75 Å². The number of hydrogen-bond acceptors (Lipinski definition) is 6. The minimum absolute atomic E-state index is 0.0743. The largest absolute Gasteiger partial charge is 0.484 e. The van der Waals surface area contributed by atoms with Gasteiger partial charge in [-0.25, -0.2) is 0 Å². The molecule has 3 rings (SSSR count). The average Bonchev–Trinajstić information content (AvgIpc) is 3.28. The average molecular weight is 341 g/mol. The quantitative estimate of drug-likeness (QED) is 0.706. The molecule has 1 aromatic carbocycles. The number of nitrogens with zero attached hydrogens (tertiary/aromatic N) is 4. The summed E-state index contributed by atoms with van der Waals surface area (Å²) < 4.78 is 12.4. The summed E-state index contributed by atoms with van der Waals surface area (Å²) in [7, 11) is 0. The fraction of sp³-hybridized carbons (Fsp3) is 0.294. The van der Waals surface area contributed by atoms with Crippen LogP contribution in [0.15, 0.2) is 41.2 Å². The highest BCUT2D eigenvalue weighted by molar-refractivity contribution is 5.77. The molecule has 1 amide bonds. The van der Waals surface area contributed by atoms with Crippen LogP contribution in [0.3, 0.4) is 0 Å². The standard InChI is InChI=1S/C17H19N5O3/c1-3-22-10-13(8-19-22)17-20-16(25-21-17)9-18-15(23)11-24-14-7-5-4-6-12(14)2/h4-8,10H,3,9,11H2,1-2H3,(H,18,23). The summed E-state index contributed by atoms with van der Waals surface area (Å²) in [6.45, 7) is 4.75. The van der Waals surface area contributed by atoms with E-state index < -0.39 is 0 Å². The molecule has 2 heterocycles. The second-order valence-corrected chi connectivity index (χ2v) is 5.43. The molecule has 1 N–H and O–H groups in total. The molecule has 0 spiro atoms. The number of aromatic nitrogens is 4. The number of ether oxygens (including phenoxy) is 1. The summed E-state index contributed by atoms with van der Waals surface area (Å²) in [6, 6.07) is 7.53. The minimum atomic E-state index is -0.262. The molecule has 8 nitrogen and oxygen atoms in total. The van der Waals surface area contributed by atoms with Gasteiger partial charge in [0, 0.05) is 12.7 Å². The maximum absolute atomic E-state index is 11.9. The number of carbonyl (C=O) groups is 1. The highest BCUT2D eigenvalue weighted by Crippen LogP contribution is 2.16. The lowest BCUT2D eigenvalue weighted by Gasteiger charge is -2.08. The summed E-state index contributed by atoms with van der Waals surface area (Å²) >= 11 is 0. The first-order valence-electron chi connectivity index (χ1n) is 7.96. The van der Waals surface area contributed by atoms with Crippen LogP contribution in [0.2, 0.25) is 0 Å². The van der Waals surface area contributed by atoms with Gasteiger partial charge < -0.3 is 14.6 Å². The predicted octanol–water partition coefficient (Wildman–Crippen LogP) is 1.96. The summed E-state index contributed by atoms with van der Waals surface area (Å²) in [5.74, 6) is 1.19. The van der Waals surface area contributed by atoms with Crippen molar-refractivity contribution in [1.82, 2.24) is 25.2 Å². The number of aryl methyl sites for hydroxylation is 2. The van der Waals surface area contributed by atoms with E-state index in [1.54, 1.807) is 10.9 Å². The molecule has 0 bridgehead atoms. The van der Waals surface area contributed by atoms with E-state index in [1.807, 2.05) is 44.3 Å². The number of nitrogens with one attached hydrogen (secondary N) is 1. The third-order valence-corrected chi connectivity index (χ3v) is 3.57. The SMILES string of the molecule is CCn1cc(-c2noc(CNC(=O)COc3ccccc3C)n2)cn1. The number of hydrogen-bond donors (Lipinski definition) is 1. The summed E-state index contributed by atoms with van der Waals surface area (Å²) in [5, 5.41) is 10.7. The van der Waals surface area contributed by atoms with E-state index in [0.717, 1.165) is 17.7 Å². The first kappa shape index (κ1) is 16.7. The molecule has 0 saturated carbocycles. The molecule has 0 aliphatic carbocycles. The smallest absolute Gasteiger partial charge is 0.258 e.